The van der Waals surface area contributed by atoms with E-state index in [-0.39, 0.29) is 18.6 Å². The molecule has 0 aromatic rings. The molecule has 0 aliphatic heterocycles. The molecular weight excluding hydrogens is 166 g/mol. The molecule has 1 unspecified atom stereocenters. The van der Waals surface area contributed by atoms with Gasteiger partial charge < -0.3 is 9.64 Å². The Bertz CT molecular complexity index is 239. The normalized spacial score (nSPS) is 20.3. The molecule has 0 aromatic heterocycles. The zero-order valence-electron chi connectivity index (χ0n) is 8.17. The van der Waals surface area contributed by atoms with E-state index in [1.54, 1.807) is 4.90 Å². The minimum atomic E-state index is 0.0381. The largest absolute Gasteiger partial charge is 0.375 e. The Morgan fingerprint density at radius 1 is 1.62 bits per heavy atom. The first-order valence-electron chi connectivity index (χ1n) is 4.46. The predicted molar refractivity (Wildman–Crippen MR) is 50.1 cm³/mol. The highest BCUT2D eigenvalue weighted by atomic mass is 16.5. The van der Waals surface area contributed by atoms with Gasteiger partial charge in [-0.3, -0.25) is 4.79 Å². The van der Waals surface area contributed by atoms with Gasteiger partial charge in [-0.25, -0.2) is 0 Å². The van der Waals surface area contributed by atoms with E-state index >= 15 is 0 Å². The first kappa shape index (κ1) is 10.1. The van der Waals surface area contributed by atoms with E-state index < -0.39 is 0 Å². The molecule has 72 valence electrons. The smallest absolute Gasteiger partial charge is 0.248 e. The van der Waals surface area contributed by atoms with Crippen molar-refractivity contribution in [1.82, 2.24) is 4.90 Å². The van der Waals surface area contributed by atoms with Crippen molar-refractivity contribution in [3.63, 3.8) is 0 Å². The number of amides is 1. The van der Waals surface area contributed by atoms with Crippen molar-refractivity contribution < 1.29 is 9.53 Å². The van der Waals surface area contributed by atoms with E-state index in [1.807, 2.05) is 7.05 Å². The van der Waals surface area contributed by atoms with E-state index in [0.29, 0.717) is 0 Å². The monoisotopic (exact) mass is 181 g/mol. The quantitative estimate of drug-likeness (QED) is 0.598. The van der Waals surface area contributed by atoms with E-state index in [9.17, 15) is 4.79 Å². The molecule has 0 saturated heterocycles. The van der Waals surface area contributed by atoms with Crippen molar-refractivity contribution >= 4 is 5.91 Å². The average molecular weight is 181 g/mol. The van der Waals surface area contributed by atoms with Crippen LogP contribution >= 0.6 is 0 Å². The number of rotatable bonds is 3. The minimum Gasteiger partial charge on any atom is -0.375 e. The van der Waals surface area contributed by atoms with Crippen LogP contribution in [0.15, 0.2) is 0 Å². The second kappa shape index (κ2) is 4.88. The maximum Gasteiger partial charge on any atom is 0.248 e. The second-order valence-corrected chi connectivity index (χ2v) is 3.19. The highest BCUT2D eigenvalue weighted by Crippen LogP contribution is 2.12. The summed E-state index contributed by atoms with van der Waals surface area (Å²) < 4.78 is 4.79. The van der Waals surface area contributed by atoms with Crippen LogP contribution in [-0.4, -0.2) is 37.6 Å². The third-order valence-corrected chi connectivity index (χ3v) is 2.27. The summed E-state index contributed by atoms with van der Waals surface area (Å²) in [5.41, 5.74) is 0. The van der Waals surface area contributed by atoms with Crippen LogP contribution in [0.25, 0.3) is 0 Å². The standard InChI is InChI=1S/C10H15NO2/c1-11(10(12)8-13-2)9-6-4-3-5-7-9/h9H,4,6-8H2,1-2H3. The molecule has 1 rings (SSSR count). The molecule has 3 nitrogen and oxygen atoms in total. The Morgan fingerprint density at radius 2 is 2.38 bits per heavy atom. The van der Waals surface area contributed by atoms with Gasteiger partial charge in [0.2, 0.25) is 5.91 Å². The number of likely N-dealkylation sites (N-methyl/N-ethyl adjacent to an activating group) is 1. The number of hydrogen-bond donors (Lipinski definition) is 0. The van der Waals surface area contributed by atoms with Crippen LogP contribution in [0.3, 0.4) is 0 Å². The summed E-state index contributed by atoms with van der Waals surface area (Å²) in [7, 11) is 3.35. The van der Waals surface area contributed by atoms with Gasteiger partial charge in [-0.05, 0) is 6.42 Å². The Hall–Kier alpha value is -1.01. The Morgan fingerprint density at radius 3 is 2.92 bits per heavy atom. The third-order valence-electron chi connectivity index (χ3n) is 2.27. The van der Waals surface area contributed by atoms with E-state index in [2.05, 4.69) is 11.8 Å². The zero-order valence-corrected chi connectivity index (χ0v) is 8.17. The van der Waals surface area contributed by atoms with Crippen molar-refractivity contribution in [2.75, 3.05) is 20.8 Å². The molecule has 0 bridgehead atoms. The van der Waals surface area contributed by atoms with Gasteiger partial charge >= 0.3 is 0 Å². The topological polar surface area (TPSA) is 29.5 Å². The fourth-order valence-corrected chi connectivity index (χ4v) is 1.38. The van der Waals surface area contributed by atoms with Gasteiger partial charge in [-0.1, -0.05) is 0 Å². The van der Waals surface area contributed by atoms with Crippen LogP contribution in [0.2, 0.25) is 0 Å². The van der Waals surface area contributed by atoms with Crippen LogP contribution in [0, 0.1) is 11.8 Å². The molecule has 0 N–H and O–H groups in total. The summed E-state index contributed by atoms with van der Waals surface area (Å²) in [6, 6.07) is 0.281. The van der Waals surface area contributed by atoms with Crippen LogP contribution in [0.4, 0.5) is 0 Å². The lowest BCUT2D eigenvalue weighted by atomic mass is 10.0. The van der Waals surface area contributed by atoms with Gasteiger partial charge in [0.25, 0.3) is 0 Å². The summed E-state index contributed by atoms with van der Waals surface area (Å²) in [5, 5.41) is 0. The SMILES string of the molecule is COCC(=O)N(C)C1CC#CCC1. The molecule has 0 fully saturated rings. The lowest BCUT2D eigenvalue weighted by Crippen LogP contribution is -2.39. The number of carbonyl (C=O) groups is 1. The molecule has 13 heavy (non-hydrogen) atoms. The predicted octanol–water partition coefficient (Wildman–Crippen LogP) is 0.647. The lowest BCUT2D eigenvalue weighted by molar-refractivity contribution is -0.136. The van der Waals surface area contributed by atoms with E-state index in [1.165, 1.54) is 7.11 Å². The lowest BCUT2D eigenvalue weighted by Gasteiger charge is -2.27. The van der Waals surface area contributed by atoms with Crippen LogP contribution in [-0.2, 0) is 9.53 Å². The highest BCUT2D eigenvalue weighted by molar-refractivity contribution is 5.77. The third kappa shape index (κ3) is 2.74. The van der Waals surface area contributed by atoms with Crippen molar-refractivity contribution in [2.24, 2.45) is 0 Å². The summed E-state index contributed by atoms with van der Waals surface area (Å²) in [5.74, 6) is 6.09. The maximum absolute atomic E-state index is 11.4. The summed E-state index contributed by atoms with van der Waals surface area (Å²) >= 11 is 0. The molecule has 0 radical (unpaired) electrons. The molecule has 0 saturated carbocycles. The minimum absolute atomic E-state index is 0.0381. The van der Waals surface area contributed by atoms with Crippen molar-refractivity contribution in [1.29, 1.82) is 0 Å². The molecule has 0 spiro atoms. The van der Waals surface area contributed by atoms with Gasteiger partial charge in [-0.15, -0.1) is 11.8 Å². The summed E-state index contributed by atoms with van der Waals surface area (Å²) in [6.45, 7) is 0.167. The molecule has 0 heterocycles. The van der Waals surface area contributed by atoms with Gasteiger partial charge in [0.1, 0.15) is 6.61 Å². The number of nitrogens with zero attached hydrogens (tertiary/aromatic N) is 1. The number of carbonyl (C=O) groups excluding carboxylic acids is 1. The first-order valence-corrected chi connectivity index (χ1v) is 4.46. The molecule has 1 amide bonds. The molecule has 1 aliphatic rings. The molecule has 3 heteroatoms. The Balaban J connectivity index is 2.43. The Kier molecular flexibility index (Phi) is 3.78. The van der Waals surface area contributed by atoms with Crippen LogP contribution in [0.5, 0.6) is 0 Å². The number of methoxy groups -OCH3 is 1. The van der Waals surface area contributed by atoms with Crippen molar-refractivity contribution in [2.45, 2.75) is 25.3 Å². The second-order valence-electron chi connectivity index (χ2n) is 3.19. The van der Waals surface area contributed by atoms with E-state index in [0.717, 1.165) is 19.3 Å². The van der Waals surface area contributed by atoms with E-state index in [4.69, 9.17) is 4.74 Å². The zero-order chi connectivity index (χ0) is 9.68. The highest BCUT2D eigenvalue weighted by Gasteiger charge is 2.19. The maximum atomic E-state index is 11.4. The van der Waals surface area contributed by atoms with Gasteiger partial charge in [0.15, 0.2) is 0 Å². The number of ether oxygens (including phenoxy) is 1. The van der Waals surface area contributed by atoms with Crippen LogP contribution in [0.1, 0.15) is 19.3 Å². The fraction of sp³-hybridized carbons (Fsp3) is 0.700. The van der Waals surface area contributed by atoms with Gasteiger partial charge in [0, 0.05) is 33.0 Å². The Labute approximate surface area is 79.1 Å². The molecular formula is C10H15NO2. The molecule has 0 aromatic carbocycles. The first-order chi connectivity index (χ1) is 6.25. The van der Waals surface area contributed by atoms with Gasteiger partial charge in [0.05, 0.1) is 0 Å². The molecule has 1 atom stereocenters. The summed E-state index contributed by atoms with van der Waals surface area (Å²) in [4.78, 5) is 13.1. The average Bonchev–Trinajstić information content (AvgIpc) is 2.18. The van der Waals surface area contributed by atoms with Crippen molar-refractivity contribution in [3.8, 4) is 11.8 Å². The van der Waals surface area contributed by atoms with Gasteiger partial charge in [-0.2, -0.15) is 0 Å². The summed E-state index contributed by atoms with van der Waals surface area (Å²) in [6.07, 6.45) is 2.68. The molecule has 1 aliphatic carbocycles. The van der Waals surface area contributed by atoms with Crippen molar-refractivity contribution in [3.05, 3.63) is 0 Å². The van der Waals surface area contributed by atoms with Crippen LogP contribution < -0.4 is 0 Å². The number of hydrogen-bond acceptors (Lipinski definition) is 2. The fourth-order valence-electron chi connectivity index (χ4n) is 1.38.